The number of hydrogen-bond acceptors (Lipinski definition) is 4. The summed E-state index contributed by atoms with van der Waals surface area (Å²) in [6.07, 6.45) is 0. The van der Waals surface area contributed by atoms with Crippen LogP contribution in [0.5, 0.6) is 0 Å². The zero-order chi connectivity index (χ0) is 26.9. The summed E-state index contributed by atoms with van der Waals surface area (Å²) in [4.78, 5) is 29.9. The van der Waals surface area contributed by atoms with Crippen molar-refractivity contribution in [2.75, 3.05) is 23.7 Å². The van der Waals surface area contributed by atoms with E-state index in [9.17, 15) is 22.9 Å². The number of ketones is 1. The molecule has 0 aliphatic carbocycles. The standard InChI is InChI=1S/C27H24Cl2F2N2O3S/c1-16-17(2)33(11-10-32(16)21-5-3-4-20(28)14-21)27(35)19-7-9-26(22(29)12-19)37(36)15-25(34)18-6-8-23(30)24(31)13-18/h3-9,12-14,16-17H,10-11,15H2,1-2H3. The number of anilines is 1. The molecule has 4 rings (SSSR count). The predicted molar refractivity (Wildman–Crippen MR) is 142 cm³/mol. The third-order valence-corrected chi connectivity index (χ3v) is 8.62. The smallest absolute Gasteiger partial charge is 0.254 e. The Kier molecular flexibility index (Phi) is 8.43. The van der Waals surface area contributed by atoms with E-state index in [0.717, 1.165) is 23.9 Å². The van der Waals surface area contributed by atoms with Gasteiger partial charge in [-0.15, -0.1) is 0 Å². The molecule has 0 bridgehead atoms. The van der Waals surface area contributed by atoms with Gasteiger partial charge >= 0.3 is 0 Å². The third-order valence-electron chi connectivity index (χ3n) is 6.59. The van der Waals surface area contributed by atoms with E-state index in [-0.39, 0.29) is 33.5 Å². The number of halogens is 4. The lowest BCUT2D eigenvalue weighted by molar-refractivity contribution is 0.0634. The second-order valence-corrected chi connectivity index (χ2v) is 11.1. The molecule has 0 N–H and O–H groups in total. The minimum absolute atomic E-state index is 0.0285. The summed E-state index contributed by atoms with van der Waals surface area (Å²) in [6, 6.07) is 14.7. The molecular formula is C27H24Cl2F2N2O3S. The largest absolute Gasteiger partial charge is 0.611 e. The van der Waals surface area contributed by atoms with Crippen LogP contribution in [0, 0.1) is 11.6 Å². The maximum atomic E-state index is 13.4. The average molecular weight is 565 g/mol. The molecule has 37 heavy (non-hydrogen) atoms. The highest BCUT2D eigenvalue weighted by atomic mass is 35.5. The predicted octanol–water partition coefficient (Wildman–Crippen LogP) is 6.00. The van der Waals surface area contributed by atoms with Crippen LogP contribution in [0.15, 0.2) is 65.6 Å². The van der Waals surface area contributed by atoms with Gasteiger partial charge in [0.05, 0.1) is 5.02 Å². The Labute approximate surface area is 227 Å². The van der Waals surface area contributed by atoms with E-state index >= 15 is 0 Å². The summed E-state index contributed by atoms with van der Waals surface area (Å²) in [6.45, 7) is 5.15. The van der Waals surface area contributed by atoms with Crippen LogP contribution in [0.2, 0.25) is 10.0 Å². The molecule has 5 nitrogen and oxygen atoms in total. The van der Waals surface area contributed by atoms with Crippen molar-refractivity contribution >= 4 is 51.8 Å². The number of carbonyl (C=O) groups excluding carboxylic acids is 2. The molecule has 0 spiro atoms. The average Bonchev–Trinajstić information content (AvgIpc) is 2.86. The van der Waals surface area contributed by atoms with Gasteiger partial charge in [0.25, 0.3) is 5.91 Å². The number of piperazine rings is 1. The van der Waals surface area contributed by atoms with Crippen LogP contribution in [-0.2, 0) is 11.2 Å². The lowest BCUT2D eigenvalue weighted by atomic mass is 10.0. The van der Waals surface area contributed by atoms with Crippen molar-refractivity contribution in [3.05, 3.63) is 93.5 Å². The van der Waals surface area contributed by atoms with Gasteiger partial charge in [-0.1, -0.05) is 29.3 Å². The SMILES string of the molecule is CC1C(C)N(c2cccc(Cl)c2)CCN1C(=O)c1ccc([S+]([O-])CC(=O)c2ccc(F)c(F)c2)c(Cl)c1. The first kappa shape index (κ1) is 27.4. The van der Waals surface area contributed by atoms with Crippen molar-refractivity contribution in [1.82, 2.24) is 4.90 Å². The van der Waals surface area contributed by atoms with Crippen molar-refractivity contribution in [2.45, 2.75) is 30.8 Å². The van der Waals surface area contributed by atoms with E-state index in [4.69, 9.17) is 23.2 Å². The Hall–Kier alpha value is -2.65. The second-order valence-electron chi connectivity index (χ2n) is 8.84. The molecule has 3 aromatic carbocycles. The number of nitrogens with zero attached hydrogens (tertiary/aromatic N) is 2. The van der Waals surface area contributed by atoms with Gasteiger partial charge in [0, 0.05) is 47.0 Å². The van der Waals surface area contributed by atoms with E-state index in [0.29, 0.717) is 23.7 Å². The van der Waals surface area contributed by atoms with Crippen molar-refractivity contribution in [3.63, 3.8) is 0 Å². The van der Waals surface area contributed by atoms with Gasteiger partial charge in [-0.05, 0) is 79.6 Å². The minimum Gasteiger partial charge on any atom is -0.611 e. The monoisotopic (exact) mass is 564 g/mol. The molecule has 3 unspecified atom stereocenters. The highest BCUT2D eigenvalue weighted by Gasteiger charge is 2.34. The molecule has 10 heteroatoms. The Balaban J connectivity index is 1.45. The number of rotatable bonds is 6. The fourth-order valence-corrected chi connectivity index (χ4v) is 6.06. The maximum Gasteiger partial charge on any atom is 0.254 e. The van der Waals surface area contributed by atoms with Gasteiger partial charge < -0.3 is 14.4 Å². The van der Waals surface area contributed by atoms with Gasteiger partial charge in [-0.25, -0.2) is 8.78 Å². The molecule has 1 amide bonds. The first-order chi connectivity index (χ1) is 17.6. The number of Topliss-reactive ketones (excluding diaryl/α,β-unsaturated/α-hetero) is 1. The summed E-state index contributed by atoms with van der Waals surface area (Å²) in [5.41, 5.74) is 1.25. The van der Waals surface area contributed by atoms with E-state index in [1.807, 2.05) is 38.1 Å². The van der Waals surface area contributed by atoms with Gasteiger partial charge in [-0.2, -0.15) is 0 Å². The third kappa shape index (κ3) is 5.93. The lowest BCUT2D eigenvalue weighted by Crippen LogP contribution is -2.59. The molecule has 0 aromatic heterocycles. The summed E-state index contributed by atoms with van der Waals surface area (Å²) in [5, 5.41) is 0.732. The van der Waals surface area contributed by atoms with E-state index in [2.05, 4.69) is 4.90 Å². The topological polar surface area (TPSA) is 63.7 Å². The van der Waals surface area contributed by atoms with Gasteiger partial charge in [-0.3, -0.25) is 9.59 Å². The minimum atomic E-state index is -1.84. The van der Waals surface area contributed by atoms with E-state index in [1.165, 1.54) is 18.2 Å². The quantitative estimate of drug-likeness (QED) is 0.272. The number of amides is 1. The molecular weight excluding hydrogens is 541 g/mol. The van der Waals surface area contributed by atoms with Crippen molar-refractivity contribution in [1.29, 1.82) is 0 Å². The zero-order valence-electron chi connectivity index (χ0n) is 20.1. The Morgan fingerprint density at radius 1 is 0.946 bits per heavy atom. The molecule has 3 aromatic rings. The highest BCUT2D eigenvalue weighted by molar-refractivity contribution is 7.92. The van der Waals surface area contributed by atoms with Crippen LogP contribution < -0.4 is 4.90 Å². The number of hydrogen-bond donors (Lipinski definition) is 0. The molecule has 1 aliphatic rings. The number of carbonyl (C=O) groups is 2. The summed E-state index contributed by atoms with van der Waals surface area (Å²) < 4.78 is 39.4. The van der Waals surface area contributed by atoms with Gasteiger partial charge in [0.15, 0.2) is 22.3 Å². The van der Waals surface area contributed by atoms with Crippen molar-refractivity contribution < 1.29 is 22.9 Å². The normalized spacial score (nSPS) is 18.6. The molecule has 0 saturated carbocycles. The highest BCUT2D eigenvalue weighted by Crippen LogP contribution is 2.29. The molecule has 1 saturated heterocycles. The van der Waals surface area contributed by atoms with Crippen LogP contribution in [0.4, 0.5) is 14.5 Å². The summed E-state index contributed by atoms with van der Waals surface area (Å²) >= 11 is 10.7. The fourth-order valence-electron chi connectivity index (χ4n) is 4.38. The molecule has 194 valence electrons. The summed E-state index contributed by atoms with van der Waals surface area (Å²) in [5.74, 6) is -3.51. The molecule has 1 fully saturated rings. The molecule has 0 radical (unpaired) electrons. The Morgan fingerprint density at radius 2 is 1.68 bits per heavy atom. The lowest BCUT2D eigenvalue weighted by Gasteiger charge is -2.46. The fraction of sp³-hybridized carbons (Fsp3) is 0.259. The second kappa shape index (κ2) is 11.4. The Morgan fingerprint density at radius 3 is 2.35 bits per heavy atom. The molecule has 1 heterocycles. The first-order valence-corrected chi connectivity index (χ1v) is 13.6. The molecule has 1 aliphatic heterocycles. The van der Waals surface area contributed by atoms with Crippen LogP contribution in [0.1, 0.15) is 34.6 Å². The van der Waals surface area contributed by atoms with Crippen LogP contribution in [0.3, 0.4) is 0 Å². The van der Waals surface area contributed by atoms with Crippen molar-refractivity contribution in [3.8, 4) is 0 Å². The number of benzene rings is 3. The van der Waals surface area contributed by atoms with Crippen LogP contribution >= 0.6 is 23.2 Å². The molecule has 3 atom stereocenters. The van der Waals surface area contributed by atoms with Crippen molar-refractivity contribution in [2.24, 2.45) is 0 Å². The van der Waals surface area contributed by atoms with Crippen LogP contribution in [-0.4, -0.2) is 52.1 Å². The van der Waals surface area contributed by atoms with Gasteiger partial charge in [0.2, 0.25) is 5.78 Å². The first-order valence-electron chi connectivity index (χ1n) is 11.6. The van der Waals surface area contributed by atoms with Gasteiger partial charge in [0.1, 0.15) is 0 Å². The van der Waals surface area contributed by atoms with E-state index in [1.54, 1.807) is 4.90 Å². The maximum absolute atomic E-state index is 13.4. The van der Waals surface area contributed by atoms with E-state index < -0.39 is 34.3 Å². The Bertz CT molecular complexity index is 1340. The zero-order valence-corrected chi connectivity index (χ0v) is 22.4. The summed E-state index contributed by atoms with van der Waals surface area (Å²) in [7, 11) is 0. The van der Waals surface area contributed by atoms with Crippen LogP contribution in [0.25, 0.3) is 0 Å².